The molecule has 0 bridgehead atoms. The van der Waals surface area contributed by atoms with Crippen LogP contribution in [-0.2, 0) is 33.7 Å². The molecule has 2 N–H and O–H groups in total. The molecule has 6 aromatic rings. The van der Waals surface area contributed by atoms with Crippen LogP contribution in [0.15, 0.2) is 133 Å². The van der Waals surface area contributed by atoms with Gasteiger partial charge in [0.2, 0.25) is 0 Å². The van der Waals surface area contributed by atoms with Gasteiger partial charge in [0.25, 0.3) is 17.7 Å². The van der Waals surface area contributed by atoms with Crippen molar-refractivity contribution in [1.82, 2.24) is 29.8 Å². The first-order valence-electron chi connectivity index (χ1n) is 37.3. The van der Waals surface area contributed by atoms with Crippen LogP contribution in [-0.4, -0.2) is 180 Å². The third-order valence-corrected chi connectivity index (χ3v) is 20.2. The van der Waals surface area contributed by atoms with Crippen LogP contribution in [0.3, 0.4) is 0 Å². The molecule has 3 saturated heterocycles. The third-order valence-electron chi connectivity index (χ3n) is 20.2. The summed E-state index contributed by atoms with van der Waals surface area (Å²) in [6, 6.07) is 39.9. The summed E-state index contributed by atoms with van der Waals surface area (Å²) in [7, 11) is 1.59. The van der Waals surface area contributed by atoms with Gasteiger partial charge in [0.1, 0.15) is 51.0 Å². The quantitative estimate of drug-likeness (QED) is 0.0559. The second-order valence-corrected chi connectivity index (χ2v) is 29.7. The van der Waals surface area contributed by atoms with E-state index in [4.69, 9.17) is 33.2 Å². The average molecular weight is 1630 g/mol. The molecule has 3 spiro atoms. The minimum Gasteiger partial charge on any atom is -0.528 e. The van der Waals surface area contributed by atoms with E-state index in [1.807, 2.05) is 172 Å². The summed E-state index contributed by atoms with van der Waals surface area (Å²) in [5, 5.41) is 13.6. The van der Waals surface area contributed by atoms with Gasteiger partial charge >= 0.3 is 31.7 Å². The molecule has 6 aliphatic rings. The number of amides is 5. The second kappa shape index (κ2) is 41.7. The number of hydrogen-bond donors (Lipinski definition) is 2. The molecule has 19 nitrogen and oxygen atoms in total. The number of nitrogens with zero attached hydrogens (tertiary/aromatic N) is 5. The molecule has 0 aromatic heterocycles. The summed E-state index contributed by atoms with van der Waals surface area (Å²) >= 11 is 0. The average Bonchev–Trinajstić information content (AvgIpc) is 0.760. The molecule has 6 aliphatic heterocycles. The van der Waals surface area contributed by atoms with Gasteiger partial charge in [-0.3, -0.25) is 14.4 Å². The molecule has 5 amide bonds. The van der Waals surface area contributed by atoms with Crippen molar-refractivity contribution in [3.05, 3.63) is 201 Å². The zero-order valence-corrected chi connectivity index (χ0v) is 66.3. The Labute approximate surface area is 684 Å². The summed E-state index contributed by atoms with van der Waals surface area (Å²) in [5.74, 6) is 3.26. The maximum Gasteiger partial charge on any atom is 1.00 e. The SMILES string of the molecule is C.C.C.C.C.C.CCN(CC)C(=O)c1ccc(C2=CC3(CCN(C(=O)OC(C)(C)C)CC3)Oc3ccc(O)cc32)cc1.CCN(CC)C(=O)c1ccc(C2=CC3(CCN(C(=O)OC(C)(C)C)CC3)Oc3cccc(OCOC)c32)cc1.CCN(CC)C(=O)c1ccc(C2=CC3(CCNCC3)Oc3cc(C)c(C)[c-]c32)cc1.[Ru+]. The van der Waals surface area contributed by atoms with E-state index in [9.17, 15) is 29.1 Å². The van der Waals surface area contributed by atoms with Crippen molar-refractivity contribution in [3.63, 3.8) is 0 Å². The molecule has 6 heterocycles. The molecule has 0 saturated carbocycles. The normalized spacial score (nSPS) is 15.5. The van der Waals surface area contributed by atoms with Crippen LogP contribution in [0, 0.1) is 19.9 Å². The number of likely N-dealkylation sites (tertiary alicyclic amines) is 2. The van der Waals surface area contributed by atoms with Gasteiger partial charge in [0, 0.05) is 139 Å². The largest absolute Gasteiger partial charge is 1.00 e. The van der Waals surface area contributed by atoms with Crippen LogP contribution < -0.4 is 24.3 Å². The molecule has 12 rings (SSSR count). The van der Waals surface area contributed by atoms with Gasteiger partial charge in [-0.15, -0.1) is 28.8 Å². The Balaban J connectivity index is 0.000000425. The van der Waals surface area contributed by atoms with E-state index in [1.165, 1.54) is 5.56 Å². The number of piperidine rings is 3. The molecule has 6 aromatic carbocycles. The molecular weight excluding hydrogens is 1500 g/mol. The number of aryl methyl sites for hydroxylation is 2. The molecule has 0 unspecified atom stereocenters. The van der Waals surface area contributed by atoms with E-state index in [1.54, 1.807) is 40.0 Å². The number of benzene rings is 6. The standard InChI is InChI=1S/C31H40N2O6.C29H36N2O5.C26H31N2O2.6CH4.Ru/c1-7-32(8-2)28(34)23-14-12-22(13-15-23)24-20-31(16-18-33(19-17-31)29(35)39-30(3,4)5)38-26-11-9-10-25(27(24)26)37-21-36-6;1-6-30(7-2)26(33)21-10-8-20(9-11-21)24-19-29(35-25-13-12-22(32)18-23(24)25)14-16-31(17-15-29)27(34)36-28(3,4)5;1-5-28(6-2)25(29)21-9-7-20(8-10-21)23-17-26(11-13-27-14-12-26)30-24-16-19(4)18(3)15-22(23)24;;;;;;;/h9-15,20H,7-8,16-19,21H2,1-6H3;8-13,18-19,32H,6-7,14-17H2,1-5H3;7-10,16-17,27H,5-6,11-14H2,1-4H3;6*1H4;/q;;-1;;;;;;;+1. The van der Waals surface area contributed by atoms with Gasteiger partial charge in [0.05, 0.1) is 5.56 Å². The maximum absolute atomic E-state index is 12.9. The van der Waals surface area contributed by atoms with Gasteiger partial charge < -0.3 is 68.1 Å². The van der Waals surface area contributed by atoms with Crippen LogP contribution in [0.1, 0.15) is 242 Å². The van der Waals surface area contributed by atoms with E-state index in [2.05, 4.69) is 61.7 Å². The van der Waals surface area contributed by atoms with Gasteiger partial charge in [-0.1, -0.05) is 118 Å². The van der Waals surface area contributed by atoms with Crippen LogP contribution in [0.4, 0.5) is 9.59 Å². The number of nitrogens with one attached hydrogen (secondary N) is 1. The summed E-state index contributed by atoms with van der Waals surface area (Å²) in [5.41, 5.74) is 10.6. The number of phenolic OH excluding ortho intramolecular Hbond substituents is 1. The van der Waals surface area contributed by atoms with Crippen molar-refractivity contribution in [3.8, 4) is 28.7 Å². The first-order chi connectivity index (χ1) is 50.1. The molecule has 112 heavy (non-hydrogen) atoms. The predicted octanol–water partition coefficient (Wildman–Crippen LogP) is 19.6. The van der Waals surface area contributed by atoms with E-state index in [-0.39, 0.29) is 112 Å². The first-order valence-corrected chi connectivity index (χ1v) is 37.3. The van der Waals surface area contributed by atoms with Crippen LogP contribution in [0.5, 0.6) is 28.7 Å². The molecule has 1 radical (unpaired) electrons. The Hall–Kier alpha value is -8.97. The summed E-state index contributed by atoms with van der Waals surface area (Å²) < 4.78 is 41.9. The second-order valence-electron chi connectivity index (χ2n) is 29.7. The van der Waals surface area contributed by atoms with Crippen molar-refractivity contribution < 1.29 is 81.7 Å². The Morgan fingerprint density at radius 2 is 0.884 bits per heavy atom. The van der Waals surface area contributed by atoms with E-state index >= 15 is 0 Å². The fourth-order valence-electron chi connectivity index (χ4n) is 14.2. The monoisotopic (exact) mass is 1630 g/mol. The van der Waals surface area contributed by atoms with Crippen molar-refractivity contribution in [1.29, 1.82) is 0 Å². The molecule has 0 atom stereocenters. The number of ether oxygens (including phenoxy) is 7. The minimum absolute atomic E-state index is 0. The first kappa shape index (κ1) is 97.2. The smallest absolute Gasteiger partial charge is 0.528 e. The number of carbonyl (C=O) groups excluding carboxylic acids is 5. The van der Waals surface area contributed by atoms with Crippen molar-refractivity contribution in [2.24, 2.45) is 0 Å². The Morgan fingerprint density at radius 1 is 0.500 bits per heavy atom. The van der Waals surface area contributed by atoms with Crippen LogP contribution in [0.2, 0.25) is 0 Å². The summed E-state index contributed by atoms with van der Waals surface area (Å²) in [6.45, 7) is 35.5. The fraction of sp³-hybridized carbons (Fsp3) is 0.489. The zero-order valence-electron chi connectivity index (χ0n) is 64.6. The van der Waals surface area contributed by atoms with Gasteiger partial charge in [-0.2, -0.15) is 0 Å². The molecule has 615 valence electrons. The summed E-state index contributed by atoms with van der Waals surface area (Å²) in [4.78, 5) is 72.5. The maximum atomic E-state index is 12.9. The van der Waals surface area contributed by atoms with Gasteiger partial charge in [0.15, 0.2) is 6.79 Å². The number of fused-ring (bicyclic) bond motifs is 3. The Bertz CT molecular complexity index is 4180. The van der Waals surface area contributed by atoms with Crippen molar-refractivity contribution in [2.75, 3.05) is 92.4 Å². The summed E-state index contributed by atoms with van der Waals surface area (Å²) in [6.07, 6.45) is 10.3. The number of hydrogen-bond acceptors (Lipinski definition) is 14. The topological polar surface area (TPSA) is 198 Å². The number of carbonyl (C=O) groups is 5. The number of methoxy groups -OCH3 is 1. The zero-order chi connectivity index (χ0) is 75.6. The van der Waals surface area contributed by atoms with E-state index in [0.29, 0.717) is 101 Å². The Kier molecular flexibility index (Phi) is 36.2. The van der Waals surface area contributed by atoms with E-state index in [0.717, 1.165) is 112 Å². The predicted molar refractivity (Wildman–Crippen MR) is 451 cm³/mol. The molecule has 3 fully saturated rings. The van der Waals surface area contributed by atoms with Crippen LogP contribution in [0.25, 0.3) is 16.7 Å². The fourth-order valence-corrected chi connectivity index (χ4v) is 14.2. The number of aromatic hydroxyl groups is 1. The van der Waals surface area contributed by atoms with E-state index < -0.39 is 22.4 Å². The van der Waals surface area contributed by atoms with Gasteiger partial charge in [-0.25, -0.2) is 9.59 Å². The Morgan fingerprint density at radius 3 is 1.30 bits per heavy atom. The van der Waals surface area contributed by atoms with Crippen molar-refractivity contribution in [2.45, 2.75) is 208 Å². The van der Waals surface area contributed by atoms with Gasteiger partial charge in [-0.05, 0) is 197 Å². The number of rotatable bonds is 15. The molecule has 0 aliphatic carbocycles. The molecular formula is C92H131N6O13Ru. The minimum atomic E-state index is -0.587. The third kappa shape index (κ3) is 22.9. The molecule has 20 heteroatoms. The van der Waals surface area contributed by atoms with Crippen LogP contribution >= 0.6 is 0 Å². The van der Waals surface area contributed by atoms with Crippen molar-refractivity contribution >= 4 is 46.6 Å². The number of phenols is 1.